The van der Waals surface area contributed by atoms with Crippen LogP contribution >= 0.6 is 0 Å². The first-order valence-electron chi connectivity index (χ1n) is 8.63. The van der Waals surface area contributed by atoms with Crippen LogP contribution in [0.25, 0.3) is 0 Å². The molecule has 0 unspecified atom stereocenters. The van der Waals surface area contributed by atoms with Crippen LogP contribution in [0.5, 0.6) is 5.75 Å². The van der Waals surface area contributed by atoms with E-state index in [-0.39, 0.29) is 18.2 Å². The summed E-state index contributed by atoms with van der Waals surface area (Å²) >= 11 is 0. The summed E-state index contributed by atoms with van der Waals surface area (Å²) in [5.74, 6) is 0.645. The molecule has 1 aromatic carbocycles. The summed E-state index contributed by atoms with van der Waals surface area (Å²) in [7, 11) is 1.64. The maximum atomic E-state index is 12.6. The summed E-state index contributed by atoms with van der Waals surface area (Å²) in [5, 5.41) is 8.82. The van der Waals surface area contributed by atoms with Gasteiger partial charge in [-0.3, -0.25) is 9.59 Å². The molecular formula is C19H27NO4. The molecule has 1 aromatic rings. The highest BCUT2D eigenvalue weighted by molar-refractivity contribution is 5.77. The number of likely N-dealkylation sites (tertiary alicyclic amines) is 1. The van der Waals surface area contributed by atoms with Crippen LogP contribution in [0.4, 0.5) is 0 Å². The third-order valence-electron chi connectivity index (χ3n) is 4.78. The Labute approximate surface area is 143 Å². The standard InChI is InChI=1S/C19H27NO4/c1-14(16-6-3-7-17(12-16)24-2)11-18(21)20-10-4-5-15(13-20)8-9-19(22)23/h3,6-7,12,14-15H,4-5,8-11,13H2,1-2H3,(H,22,23)/t14-,15+/m1/s1. The number of carboxylic acid groups (broad SMARTS) is 1. The molecule has 132 valence electrons. The predicted molar refractivity (Wildman–Crippen MR) is 92.2 cm³/mol. The van der Waals surface area contributed by atoms with Crippen LogP contribution in [0.15, 0.2) is 24.3 Å². The zero-order valence-electron chi connectivity index (χ0n) is 14.5. The van der Waals surface area contributed by atoms with Gasteiger partial charge in [-0.25, -0.2) is 0 Å². The smallest absolute Gasteiger partial charge is 0.303 e. The highest BCUT2D eigenvalue weighted by atomic mass is 16.5. The second-order valence-electron chi connectivity index (χ2n) is 6.66. The lowest BCUT2D eigenvalue weighted by Gasteiger charge is -2.33. The summed E-state index contributed by atoms with van der Waals surface area (Å²) in [6.07, 6.45) is 3.29. The molecule has 1 N–H and O–H groups in total. The average Bonchev–Trinajstić information content (AvgIpc) is 2.60. The number of ether oxygens (including phenoxy) is 1. The van der Waals surface area contributed by atoms with Gasteiger partial charge in [-0.1, -0.05) is 19.1 Å². The molecule has 24 heavy (non-hydrogen) atoms. The van der Waals surface area contributed by atoms with E-state index < -0.39 is 5.97 Å². The van der Waals surface area contributed by atoms with Crippen LogP contribution in [-0.4, -0.2) is 42.1 Å². The number of piperidine rings is 1. The molecule has 5 nitrogen and oxygen atoms in total. The van der Waals surface area contributed by atoms with Crippen molar-refractivity contribution < 1.29 is 19.4 Å². The minimum absolute atomic E-state index is 0.131. The minimum Gasteiger partial charge on any atom is -0.497 e. The van der Waals surface area contributed by atoms with Crippen molar-refractivity contribution in [3.63, 3.8) is 0 Å². The first kappa shape index (κ1) is 18.3. The fourth-order valence-corrected chi connectivity index (χ4v) is 3.31. The summed E-state index contributed by atoms with van der Waals surface area (Å²) in [4.78, 5) is 25.2. The van der Waals surface area contributed by atoms with Crippen molar-refractivity contribution in [2.24, 2.45) is 5.92 Å². The molecular weight excluding hydrogens is 306 g/mol. The third kappa shape index (κ3) is 5.25. The number of benzene rings is 1. The van der Waals surface area contributed by atoms with Gasteiger partial charge < -0.3 is 14.7 Å². The Kier molecular flexibility index (Phi) is 6.64. The van der Waals surface area contributed by atoms with E-state index in [4.69, 9.17) is 9.84 Å². The topological polar surface area (TPSA) is 66.8 Å². The fraction of sp³-hybridized carbons (Fsp3) is 0.579. The summed E-state index contributed by atoms with van der Waals surface area (Å²) < 4.78 is 5.24. The molecule has 1 aliphatic rings. The van der Waals surface area contributed by atoms with Gasteiger partial charge in [0.15, 0.2) is 0 Å². The molecule has 0 spiro atoms. The molecule has 1 aliphatic heterocycles. The number of rotatable bonds is 7. The van der Waals surface area contributed by atoms with Crippen molar-refractivity contribution in [2.75, 3.05) is 20.2 Å². The van der Waals surface area contributed by atoms with Crippen LogP contribution < -0.4 is 4.74 Å². The average molecular weight is 333 g/mol. The first-order valence-corrected chi connectivity index (χ1v) is 8.63. The molecule has 0 bridgehead atoms. The number of aliphatic carboxylic acids is 1. The summed E-state index contributed by atoms with van der Waals surface area (Å²) in [6.45, 7) is 3.53. The van der Waals surface area contributed by atoms with Crippen molar-refractivity contribution in [3.8, 4) is 5.75 Å². The van der Waals surface area contributed by atoms with Crippen molar-refractivity contribution in [2.45, 2.75) is 44.9 Å². The van der Waals surface area contributed by atoms with E-state index in [1.54, 1.807) is 7.11 Å². The molecule has 0 aromatic heterocycles. The summed E-state index contributed by atoms with van der Waals surface area (Å²) in [5.41, 5.74) is 1.10. The number of hydrogen-bond acceptors (Lipinski definition) is 3. The van der Waals surface area contributed by atoms with E-state index in [0.717, 1.165) is 30.7 Å². The number of nitrogens with zero attached hydrogens (tertiary/aromatic N) is 1. The zero-order valence-corrected chi connectivity index (χ0v) is 14.5. The second-order valence-corrected chi connectivity index (χ2v) is 6.66. The largest absolute Gasteiger partial charge is 0.497 e. The Morgan fingerprint density at radius 3 is 2.92 bits per heavy atom. The Bertz CT molecular complexity index is 572. The van der Waals surface area contributed by atoms with Gasteiger partial charge in [-0.2, -0.15) is 0 Å². The van der Waals surface area contributed by atoms with Crippen LogP contribution in [0.1, 0.15) is 50.5 Å². The van der Waals surface area contributed by atoms with E-state index in [0.29, 0.717) is 25.3 Å². The lowest BCUT2D eigenvalue weighted by molar-refractivity contribution is -0.137. The monoisotopic (exact) mass is 333 g/mol. The SMILES string of the molecule is COc1cccc([C@H](C)CC(=O)N2CCC[C@@H](CCC(=O)O)C2)c1. The van der Waals surface area contributed by atoms with Crippen molar-refractivity contribution in [1.82, 2.24) is 4.90 Å². The van der Waals surface area contributed by atoms with Crippen molar-refractivity contribution in [1.29, 1.82) is 0 Å². The quantitative estimate of drug-likeness (QED) is 0.831. The molecule has 5 heteroatoms. The predicted octanol–water partition coefficient (Wildman–Crippen LogP) is 3.29. The zero-order chi connectivity index (χ0) is 17.5. The van der Waals surface area contributed by atoms with Gasteiger partial charge in [-0.05, 0) is 48.8 Å². The molecule has 0 radical (unpaired) electrons. The Hall–Kier alpha value is -2.04. The Morgan fingerprint density at radius 1 is 1.42 bits per heavy atom. The molecule has 0 aliphatic carbocycles. The van der Waals surface area contributed by atoms with Gasteiger partial charge in [0.05, 0.1) is 7.11 Å². The number of amides is 1. The number of carbonyl (C=O) groups excluding carboxylic acids is 1. The second kappa shape index (κ2) is 8.71. The molecule has 1 heterocycles. The molecule has 2 atom stereocenters. The van der Waals surface area contributed by atoms with Gasteiger partial charge in [0, 0.05) is 25.9 Å². The van der Waals surface area contributed by atoms with E-state index in [1.165, 1.54) is 0 Å². The van der Waals surface area contributed by atoms with E-state index in [9.17, 15) is 9.59 Å². The third-order valence-corrected chi connectivity index (χ3v) is 4.78. The van der Waals surface area contributed by atoms with E-state index in [1.807, 2.05) is 29.2 Å². The maximum Gasteiger partial charge on any atom is 0.303 e. The van der Waals surface area contributed by atoms with Gasteiger partial charge in [0.2, 0.25) is 5.91 Å². The van der Waals surface area contributed by atoms with Gasteiger partial charge in [0.25, 0.3) is 0 Å². The molecule has 1 amide bonds. The van der Waals surface area contributed by atoms with Crippen LogP contribution in [0, 0.1) is 5.92 Å². The number of carbonyl (C=O) groups is 2. The Balaban J connectivity index is 1.89. The van der Waals surface area contributed by atoms with Crippen LogP contribution in [0.3, 0.4) is 0 Å². The number of methoxy groups -OCH3 is 1. The number of hydrogen-bond donors (Lipinski definition) is 1. The van der Waals surface area contributed by atoms with E-state index >= 15 is 0 Å². The van der Waals surface area contributed by atoms with E-state index in [2.05, 4.69) is 6.92 Å². The van der Waals surface area contributed by atoms with Crippen molar-refractivity contribution >= 4 is 11.9 Å². The van der Waals surface area contributed by atoms with Crippen molar-refractivity contribution in [3.05, 3.63) is 29.8 Å². The highest BCUT2D eigenvalue weighted by Gasteiger charge is 2.25. The lowest BCUT2D eigenvalue weighted by atomic mass is 9.92. The molecule has 2 rings (SSSR count). The van der Waals surface area contributed by atoms with Gasteiger partial charge in [0.1, 0.15) is 5.75 Å². The number of carboxylic acids is 1. The summed E-state index contributed by atoms with van der Waals surface area (Å²) in [6, 6.07) is 7.84. The lowest BCUT2D eigenvalue weighted by Crippen LogP contribution is -2.40. The van der Waals surface area contributed by atoms with Gasteiger partial charge >= 0.3 is 5.97 Å². The molecule has 1 saturated heterocycles. The first-order chi connectivity index (χ1) is 11.5. The maximum absolute atomic E-state index is 12.6. The molecule has 0 saturated carbocycles. The fourth-order valence-electron chi connectivity index (χ4n) is 3.31. The van der Waals surface area contributed by atoms with Crippen LogP contribution in [0.2, 0.25) is 0 Å². The Morgan fingerprint density at radius 2 is 2.21 bits per heavy atom. The molecule has 1 fully saturated rings. The highest BCUT2D eigenvalue weighted by Crippen LogP contribution is 2.26. The minimum atomic E-state index is -0.759. The normalized spacial score (nSPS) is 18.9. The van der Waals surface area contributed by atoms with Gasteiger partial charge in [-0.15, -0.1) is 0 Å². The van der Waals surface area contributed by atoms with Crippen LogP contribution in [-0.2, 0) is 9.59 Å².